The van der Waals surface area contributed by atoms with E-state index in [1.807, 2.05) is 6.07 Å². The number of pyridine rings is 1. The lowest BCUT2D eigenvalue weighted by molar-refractivity contribution is 0.0252. The van der Waals surface area contributed by atoms with Gasteiger partial charge in [-0.1, -0.05) is 18.5 Å². The van der Waals surface area contributed by atoms with E-state index < -0.39 is 0 Å². The second-order valence-electron chi connectivity index (χ2n) is 7.37. The van der Waals surface area contributed by atoms with Crippen LogP contribution in [0.1, 0.15) is 36.5 Å². The summed E-state index contributed by atoms with van der Waals surface area (Å²) in [5.41, 5.74) is 7.99. The minimum absolute atomic E-state index is 0.244. The van der Waals surface area contributed by atoms with Crippen LogP contribution >= 0.6 is 11.6 Å². The highest BCUT2D eigenvalue weighted by atomic mass is 35.5. The number of aromatic amines is 1. The van der Waals surface area contributed by atoms with Gasteiger partial charge in [0, 0.05) is 42.1 Å². The Morgan fingerprint density at radius 3 is 2.86 bits per heavy atom. The smallest absolute Gasteiger partial charge is 0.129 e. The van der Waals surface area contributed by atoms with Gasteiger partial charge in [0.05, 0.1) is 24.6 Å². The Bertz CT molecular complexity index is 1010. The third-order valence-corrected chi connectivity index (χ3v) is 5.86. The van der Waals surface area contributed by atoms with Crippen molar-refractivity contribution in [1.29, 1.82) is 0 Å². The largest absolute Gasteiger partial charge is 0.490 e. The van der Waals surface area contributed by atoms with Crippen molar-refractivity contribution in [3.05, 3.63) is 52.3 Å². The fourth-order valence-electron chi connectivity index (χ4n) is 4.11. The van der Waals surface area contributed by atoms with Crippen LogP contribution in [0, 0.1) is 0 Å². The molecular formula is C22H22ClN3O2. The Morgan fingerprint density at radius 2 is 2.11 bits per heavy atom. The molecule has 1 aromatic carbocycles. The number of hydrogen-bond acceptors (Lipinski definition) is 4. The number of H-pyrrole nitrogens is 1. The molecule has 0 saturated carbocycles. The van der Waals surface area contributed by atoms with E-state index >= 15 is 0 Å². The molecule has 28 heavy (non-hydrogen) atoms. The van der Waals surface area contributed by atoms with Crippen molar-refractivity contribution in [1.82, 2.24) is 15.2 Å². The molecule has 1 fully saturated rings. The zero-order valence-electron chi connectivity index (χ0n) is 15.8. The van der Waals surface area contributed by atoms with Crippen LogP contribution in [0.4, 0.5) is 0 Å². The summed E-state index contributed by atoms with van der Waals surface area (Å²) in [6.45, 7) is 3.74. The quantitative estimate of drug-likeness (QED) is 0.503. The van der Waals surface area contributed by atoms with Gasteiger partial charge >= 0.3 is 0 Å². The Labute approximate surface area is 169 Å². The summed E-state index contributed by atoms with van der Waals surface area (Å²) in [5, 5.41) is 8.28. The molecule has 6 heteroatoms. The van der Waals surface area contributed by atoms with Crippen LogP contribution < -0.4 is 4.74 Å². The fourth-order valence-corrected chi connectivity index (χ4v) is 4.22. The number of ether oxygens (including phenoxy) is 2. The Hall–Kier alpha value is -2.37. The Balaban J connectivity index is 1.49. The van der Waals surface area contributed by atoms with Crippen LogP contribution in [-0.4, -0.2) is 34.5 Å². The van der Waals surface area contributed by atoms with E-state index in [-0.39, 0.29) is 6.10 Å². The lowest BCUT2D eigenvalue weighted by Crippen LogP contribution is -2.26. The Morgan fingerprint density at radius 1 is 1.25 bits per heavy atom. The van der Waals surface area contributed by atoms with E-state index in [1.165, 1.54) is 22.3 Å². The molecule has 0 amide bonds. The maximum absolute atomic E-state index is 6.38. The number of hydrogen-bond donors (Lipinski definition) is 1. The summed E-state index contributed by atoms with van der Waals surface area (Å²) >= 11 is 5.93. The van der Waals surface area contributed by atoms with E-state index in [9.17, 15) is 0 Å². The molecule has 1 aliphatic heterocycles. The summed E-state index contributed by atoms with van der Waals surface area (Å²) in [6, 6.07) is 8.25. The van der Waals surface area contributed by atoms with Crippen LogP contribution in [0.3, 0.4) is 0 Å². The predicted molar refractivity (Wildman–Crippen MR) is 109 cm³/mol. The summed E-state index contributed by atoms with van der Waals surface area (Å²) in [6.07, 6.45) is 5.71. The summed E-state index contributed by atoms with van der Waals surface area (Å²) in [4.78, 5) is 4.20. The number of aromatic nitrogens is 3. The van der Waals surface area contributed by atoms with Gasteiger partial charge in [-0.3, -0.25) is 5.10 Å². The zero-order chi connectivity index (χ0) is 19.1. The SMILES string of the molecule is CCc1cc2c(cc1OC1CCOCC1)Cc1c(-c3ccc(Cl)nc3)n[nH]c1-2. The lowest BCUT2D eigenvalue weighted by atomic mass is 10.0. The van der Waals surface area contributed by atoms with Gasteiger partial charge in [-0.2, -0.15) is 5.10 Å². The highest BCUT2D eigenvalue weighted by molar-refractivity contribution is 6.29. The average Bonchev–Trinajstić information content (AvgIpc) is 3.28. The first-order valence-electron chi connectivity index (χ1n) is 9.82. The molecule has 1 N–H and O–H groups in total. The maximum Gasteiger partial charge on any atom is 0.129 e. The minimum atomic E-state index is 0.244. The Kier molecular flexibility index (Phi) is 4.57. The average molecular weight is 396 g/mol. The predicted octanol–water partition coefficient (Wildman–Crippen LogP) is 4.82. The number of halogens is 1. The second-order valence-corrected chi connectivity index (χ2v) is 7.76. The molecule has 1 aliphatic carbocycles. The van der Waals surface area contributed by atoms with Crippen LogP contribution in [0.5, 0.6) is 5.75 Å². The van der Waals surface area contributed by atoms with E-state index in [2.05, 4.69) is 34.2 Å². The molecule has 0 atom stereocenters. The van der Waals surface area contributed by atoms with Crippen molar-refractivity contribution in [3.8, 4) is 28.3 Å². The lowest BCUT2D eigenvalue weighted by Gasteiger charge is -2.25. The third-order valence-electron chi connectivity index (χ3n) is 5.63. The topological polar surface area (TPSA) is 60.0 Å². The van der Waals surface area contributed by atoms with Crippen molar-refractivity contribution in [2.45, 2.75) is 38.7 Å². The number of benzene rings is 1. The molecule has 2 aliphatic rings. The maximum atomic E-state index is 6.38. The van der Waals surface area contributed by atoms with Crippen molar-refractivity contribution in [2.75, 3.05) is 13.2 Å². The molecule has 3 heterocycles. The van der Waals surface area contributed by atoms with Crippen LogP contribution in [0.15, 0.2) is 30.5 Å². The van der Waals surface area contributed by atoms with E-state index in [1.54, 1.807) is 12.3 Å². The molecule has 5 nitrogen and oxygen atoms in total. The molecule has 5 rings (SSSR count). The molecule has 3 aromatic rings. The van der Waals surface area contributed by atoms with Gasteiger partial charge in [-0.05, 0) is 41.8 Å². The summed E-state index contributed by atoms with van der Waals surface area (Å²) in [7, 11) is 0. The van der Waals surface area contributed by atoms with Crippen molar-refractivity contribution in [2.24, 2.45) is 0 Å². The van der Waals surface area contributed by atoms with E-state index in [0.717, 1.165) is 61.6 Å². The monoisotopic (exact) mass is 395 g/mol. The molecule has 0 spiro atoms. The minimum Gasteiger partial charge on any atom is -0.490 e. The van der Waals surface area contributed by atoms with Crippen molar-refractivity contribution >= 4 is 11.6 Å². The molecule has 0 radical (unpaired) electrons. The molecule has 144 valence electrons. The first-order chi connectivity index (χ1) is 13.7. The number of rotatable bonds is 4. The number of aryl methyl sites for hydroxylation is 1. The highest BCUT2D eigenvalue weighted by Crippen LogP contribution is 2.43. The summed E-state index contributed by atoms with van der Waals surface area (Å²) < 4.78 is 11.8. The third kappa shape index (κ3) is 3.09. The van der Waals surface area contributed by atoms with E-state index in [0.29, 0.717) is 5.15 Å². The molecule has 2 aromatic heterocycles. The van der Waals surface area contributed by atoms with Gasteiger partial charge in [-0.25, -0.2) is 4.98 Å². The van der Waals surface area contributed by atoms with Gasteiger partial charge in [0.25, 0.3) is 0 Å². The van der Waals surface area contributed by atoms with Crippen molar-refractivity contribution in [3.63, 3.8) is 0 Å². The first-order valence-corrected chi connectivity index (χ1v) is 10.2. The van der Waals surface area contributed by atoms with Crippen molar-refractivity contribution < 1.29 is 9.47 Å². The second kappa shape index (κ2) is 7.22. The summed E-state index contributed by atoms with van der Waals surface area (Å²) in [5.74, 6) is 1.01. The zero-order valence-corrected chi connectivity index (χ0v) is 16.6. The van der Waals surface area contributed by atoms with Crippen LogP contribution in [0.25, 0.3) is 22.5 Å². The van der Waals surface area contributed by atoms with E-state index in [4.69, 9.17) is 21.1 Å². The van der Waals surface area contributed by atoms with Gasteiger partial charge in [-0.15, -0.1) is 0 Å². The molecule has 1 saturated heterocycles. The van der Waals surface area contributed by atoms with Gasteiger partial charge in [0.1, 0.15) is 17.0 Å². The number of fused-ring (bicyclic) bond motifs is 3. The highest BCUT2D eigenvalue weighted by Gasteiger charge is 2.27. The van der Waals surface area contributed by atoms with Gasteiger partial charge in [0.2, 0.25) is 0 Å². The van der Waals surface area contributed by atoms with Crippen LogP contribution in [-0.2, 0) is 17.6 Å². The molecule has 0 bridgehead atoms. The molecular weight excluding hydrogens is 374 g/mol. The van der Waals surface area contributed by atoms with Gasteiger partial charge in [0.15, 0.2) is 0 Å². The normalized spacial score (nSPS) is 16.1. The number of nitrogens with one attached hydrogen (secondary N) is 1. The fraction of sp³-hybridized carbons (Fsp3) is 0.364. The molecule has 0 unspecified atom stereocenters. The standard InChI is InChI=1S/C22H22ClN3O2/c1-2-13-9-17-15(11-19(13)28-16-5-7-27-8-6-16)10-18-21(25-26-22(17)18)14-3-4-20(23)24-12-14/h3-4,9,11-12,16H,2,5-8,10H2,1H3,(H,25,26). The van der Waals surface area contributed by atoms with Gasteiger partial charge < -0.3 is 9.47 Å². The first kappa shape index (κ1) is 17.7. The number of nitrogens with zero attached hydrogens (tertiary/aromatic N) is 2. The van der Waals surface area contributed by atoms with Crippen LogP contribution in [0.2, 0.25) is 5.15 Å².